The van der Waals surface area contributed by atoms with Crippen LogP contribution in [0.4, 0.5) is 0 Å². The number of amides is 1. The van der Waals surface area contributed by atoms with Crippen LogP contribution in [0.15, 0.2) is 24.3 Å². The average molecular weight is 276 g/mol. The van der Waals surface area contributed by atoms with Crippen molar-refractivity contribution in [2.75, 3.05) is 13.7 Å². The maximum atomic E-state index is 12.0. The zero-order chi connectivity index (χ0) is 14.4. The fourth-order valence-corrected chi connectivity index (χ4v) is 2.30. The highest BCUT2D eigenvalue weighted by molar-refractivity contribution is 5.76. The van der Waals surface area contributed by atoms with E-state index in [-0.39, 0.29) is 11.9 Å². The summed E-state index contributed by atoms with van der Waals surface area (Å²) in [7, 11) is 1.66. The molecule has 1 unspecified atom stereocenters. The lowest BCUT2D eigenvalue weighted by atomic mass is 10.0. The van der Waals surface area contributed by atoms with Gasteiger partial charge in [-0.05, 0) is 25.3 Å². The summed E-state index contributed by atoms with van der Waals surface area (Å²) < 4.78 is 5.37. The van der Waals surface area contributed by atoms with Gasteiger partial charge in [-0.25, -0.2) is 0 Å². The van der Waals surface area contributed by atoms with Crippen LogP contribution in [0.2, 0.25) is 0 Å². The summed E-state index contributed by atoms with van der Waals surface area (Å²) in [4.78, 5) is 12.0. The van der Waals surface area contributed by atoms with Crippen LogP contribution < -0.4 is 15.4 Å². The molecule has 20 heavy (non-hydrogen) atoms. The Hall–Kier alpha value is -1.55. The lowest BCUT2D eigenvalue weighted by Crippen LogP contribution is -2.31. The Kier molecular flexibility index (Phi) is 5.41. The van der Waals surface area contributed by atoms with E-state index in [0.29, 0.717) is 12.5 Å². The van der Waals surface area contributed by atoms with E-state index in [2.05, 4.69) is 17.6 Å². The van der Waals surface area contributed by atoms with Crippen molar-refractivity contribution < 1.29 is 9.53 Å². The summed E-state index contributed by atoms with van der Waals surface area (Å²) in [5.74, 6) is 0.923. The van der Waals surface area contributed by atoms with Crippen LogP contribution in [0, 0.1) is 0 Å². The van der Waals surface area contributed by atoms with Crippen molar-refractivity contribution >= 4 is 5.91 Å². The van der Waals surface area contributed by atoms with E-state index >= 15 is 0 Å². The Morgan fingerprint density at radius 2 is 2.15 bits per heavy atom. The summed E-state index contributed by atoms with van der Waals surface area (Å²) in [6.45, 7) is 2.83. The van der Waals surface area contributed by atoms with Crippen molar-refractivity contribution in [3.8, 4) is 5.75 Å². The predicted octanol–water partition coefficient (Wildman–Crippen LogP) is 2.40. The number of hydrogen-bond acceptors (Lipinski definition) is 3. The van der Waals surface area contributed by atoms with Gasteiger partial charge in [0.2, 0.25) is 5.91 Å². The van der Waals surface area contributed by atoms with E-state index in [1.807, 2.05) is 24.3 Å². The molecule has 4 heteroatoms. The van der Waals surface area contributed by atoms with Gasteiger partial charge in [-0.2, -0.15) is 0 Å². The first-order chi connectivity index (χ1) is 9.74. The van der Waals surface area contributed by atoms with E-state index in [0.717, 1.165) is 24.3 Å². The molecule has 1 aliphatic rings. The van der Waals surface area contributed by atoms with Crippen LogP contribution >= 0.6 is 0 Å². The topological polar surface area (TPSA) is 50.4 Å². The molecule has 0 spiro atoms. The van der Waals surface area contributed by atoms with Gasteiger partial charge in [0.25, 0.3) is 0 Å². The fraction of sp³-hybridized carbons (Fsp3) is 0.562. The third kappa shape index (κ3) is 4.23. The molecule has 1 fully saturated rings. The zero-order valence-electron chi connectivity index (χ0n) is 12.3. The largest absolute Gasteiger partial charge is 0.496 e. The van der Waals surface area contributed by atoms with Crippen molar-refractivity contribution in [3.05, 3.63) is 29.8 Å². The van der Waals surface area contributed by atoms with Gasteiger partial charge in [0.15, 0.2) is 0 Å². The smallest absolute Gasteiger partial charge is 0.221 e. The number of para-hydroxylation sites is 1. The monoisotopic (exact) mass is 276 g/mol. The molecule has 1 atom stereocenters. The number of nitrogens with one attached hydrogen (secondary N) is 2. The molecule has 4 nitrogen and oxygen atoms in total. The van der Waals surface area contributed by atoms with Crippen LogP contribution in [0.5, 0.6) is 5.75 Å². The summed E-state index contributed by atoms with van der Waals surface area (Å²) >= 11 is 0. The molecule has 110 valence electrons. The number of rotatable bonds is 8. The fourth-order valence-electron chi connectivity index (χ4n) is 2.30. The van der Waals surface area contributed by atoms with E-state index in [9.17, 15) is 4.79 Å². The lowest BCUT2D eigenvalue weighted by molar-refractivity contribution is -0.121. The molecule has 2 N–H and O–H groups in total. The molecule has 0 aromatic heterocycles. The first kappa shape index (κ1) is 14.9. The van der Waals surface area contributed by atoms with Crippen molar-refractivity contribution in [1.82, 2.24) is 10.6 Å². The predicted molar refractivity (Wildman–Crippen MR) is 79.8 cm³/mol. The molecule has 1 saturated carbocycles. The number of methoxy groups -OCH3 is 1. The highest BCUT2D eigenvalue weighted by Crippen LogP contribution is 2.26. The quantitative estimate of drug-likeness (QED) is 0.766. The van der Waals surface area contributed by atoms with Gasteiger partial charge in [0, 0.05) is 24.6 Å². The van der Waals surface area contributed by atoms with Crippen molar-refractivity contribution in [1.29, 1.82) is 0 Å². The summed E-state index contributed by atoms with van der Waals surface area (Å²) in [5.41, 5.74) is 1.04. The van der Waals surface area contributed by atoms with Gasteiger partial charge >= 0.3 is 0 Å². The van der Waals surface area contributed by atoms with Crippen molar-refractivity contribution in [2.45, 2.75) is 44.7 Å². The first-order valence-electron chi connectivity index (χ1n) is 7.40. The molecule has 0 heterocycles. The van der Waals surface area contributed by atoms with Crippen molar-refractivity contribution in [2.24, 2.45) is 0 Å². The third-order valence-corrected chi connectivity index (χ3v) is 3.62. The Bertz CT molecular complexity index is 444. The highest BCUT2D eigenvalue weighted by Gasteiger charge is 2.21. The maximum Gasteiger partial charge on any atom is 0.221 e. The number of carbonyl (C=O) groups excluding carboxylic acids is 1. The molecule has 0 saturated heterocycles. The van der Waals surface area contributed by atoms with E-state index in [1.54, 1.807) is 7.11 Å². The Morgan fingerprint density at radius 1 is 1.40 bits per heavy atom. The van der Waals surface area contributed by atoms with Gasteiger partial charge in [-0.3, -0.25) is 4.79 Å². The van der Waals surface area contributed by atoms with Crippen LogP contribution in [-0.4, -0.2) is 25.6 Å². The van der Waals surface area contributed by atoms with E-state index < -0.39 is 0 Å². The number of carbonyl (C=O) groups is 1. The van der Waals surface area contributed by atoms with Gasteiger partial charge in [0.05, 0.1) is 13.2 Å². The van der Waals surface area contributed by atoms with Crippen LogP contribution in [0.3, 0.4) is 0 Å². The molecule has 0 aliphatic heterocycles. The minimum atomic E-state index is 0.0135. The SMILES string of the molecule is CCC(NC(=O)CCNC1CC1)c1ccccc1OC. The van der Waals surface area contributed by atoms with Gasteiger partial charge in [-0.1, -0.05) is 25.1 Å². The Balaban J connectivity index is 1.88. The number of hydrogen-bond donors (Lipinski definition) is 2. The number of ether oxygens (including phenoxy) is 1. The minimum absolute atomic E-state index is 0.0135. The van der Waals surface area contributed by atoms with Gasteiger partial charge < -0.3 is 15.4 Å². The average Bonchev–Trinajstić information content (AvgIpc) is 3.29. The number of benzene rings is 1. The minimum Gasteiger partial charge on any atom is -0.496 e. The molecule has 0 bridgehead atoms. The lowest BCUT2D eigenvalue weighted by Gasteiger charge is -2.20. The highest BCUT2D eigenvalue weighted by atomic mass is 16.5. The first-order valence-corrected chi connectivity index (χ1v) is 7.40. The second kappa shape index (κ2) is 7.29. The van der Waals surface area contributed by atoms with Crippen LogP contribution in [0.1, 0.15) is 44.2 Å². The molecule has 1 amide bonds. The Labute approximate surface area is 120 Å². The van der Waals surface area contributed by atoms with Crippen LogP contribution in [-0.2, 0) is 4.79 Å². The molecular weight excluding hydrogens is 252 g/mol. The van der Waals surface area contributed by atoms with Crippen molar-refractivity contribution in [3.63, 3.8) is 0 Å². The summed E-state index contributed by atoms with van der Waals surface area (Å²) in [6, 6.07) is 8.52. The molecule has 2 rings (SSSR count). The maximum absolute atomic E-state index is 12.0. The molecule has 0 radical (unpaired) electrons. The van der Waals surface area contributed by atoms with Gasteiger partial charge in [-0.15, -0.1) is 0 Å². The molecule has 1 aromatic carbocycles. The van der Waals surface area contributed by atoms with E-state index in [1.165, 1.54) is 12.8 Å². The summed E-state index contributed by atoms with van der Waals surface area (Å²) in [6.07, 6.45) is 3.88. The third-order valence-electron chi connectivity index (χ3n) is 3.62. The normalized spacial score (nSPS) is 15.7. The molecular formula is C16H24N2O2. The van der Waals surface area contributed by atoms with Gasteiger partial charge in [0.1, 0.15) is 5.75 Å². The standard InChI is InChI=1S/C16H24N2O2/c1-3-14(13-6-4-5-7-15(13)20-2)18-16(19)10-11-17-12-8-9-12/h4-7,12,14,17H,3,8-11H2,1-2H3,(H,18,19). The molecule has 1 aliphatic carbocycles. The summed E-state index contributed by atoms with van der Waals surface area (Å²) in [5, 5.41) is 6.45. The second-order valence-electron chi connectivity index (χ2n) is 5.25. The Morgan fingerprint density at radius 3 is 2.80 bits per heavy atom. The molecule has 1 aromatic rings. The van der Waals surface area contributed by atoms with Crippen LogP contribution in [0.25, 0.3) is 0 Å². The zero-order valence-corrected chi connectivity index (χ0v) is 12.3. The van der Waals surface area contributed by atoms with E-state index in [4.69, 9.17) is 4.74 Å². The second-order valence-corrected chi connectivity index (χ2v) is 5.25.